The zero-order chi connectivity index (χ0) is 13.4. The molecule has 0 radical (unpaired) electrons. The molecule has 1 aliphatic rings. The molecule has 0 spiro atoms. The van der Waals surface area contributed by atoms with Gasteiger partial charge in [0.25, 0.3) is 0 Å². The van der Waals surface area contributed by atoms with E-state index in [2.05, 4.69) is 16.3 Å². The Hall–Kier alpha value is -0.630. The highest BCUT2D eigenvalue weighted by Gasteiger charge is 2.23. The van der Waals surface area contributed by atoms with Gasteiger partial charge in [-0.15, -0.1) is 0 Å². The minimum Gasteiger partial charge on any atom is -0.380 e. The Kier molecular flexibility index (Phi) is 6.62. The predicted octanol–water partition coefficient (Wildman–Crippen LogP) is 1.77. The lowest BCUT2D eigenvalue weighted by atomic mass is 9.96. The number of nitrogens with one attached hydrogen (secondary N) is 1. The summed E-state index contributed by atoms with van der Waals surface area (Å²) in [7, 11) is 1.79. The Morgan fingerprint density at radius 2 is 2.28 bits per heavy atom. The fraction of sp³-hybridized carbons (Fsp3) is 0.929. The molecule has 1 aliphatic heterocycles. The normalized spacial score (nSPS) is 23.8. The summed E-state index contributed by atoms with van der Waals surface area (Å²) in [6.45, 7) is 8.25. The predicted molar refractivity (Wildman–Crippen MR) is 73.4 cm³/mol. The molecular weight excluding hydrogens is 226 g/mol. The van der Waals surface area contributed by atoms with Crippen LogP contribution < -0.4 is 5.32 Å². The number of rotatable bonds is 8. The van der Waals surface area contributed by atoms with E-state index in [4.69, 9.17) is 10.00 Å². The molecule has 0 aromatic heterocycles. The maximum atomic E-state index is 9.15. The highest BCUT2D eigenvalue weighted by Crippen LogP contribution is 2.16. The minimum atomic E-state index is -0.352. The first-order valence-corrected chi connectivity index (χ1v) is 7.05. The van der Waals surface area contributed by atoms with Gasteiger partial charge in [0.2, 0.25) is 0 Å². The smallest absolute Gasteiger partial charge is 0.103 e. The van der Waals surface area contributed by atoms with Gasteiger partial charge in [0.15, 0.2) is 0 Å². The fourth-order valence-electron chi connectivity index (χ4n) is 2.58. The third kappa shape index (κ3) is 4.93. The van der Waals surface area contributed by atoms with Gasteiger partial charge in [0, 0.05) is 20.2 Å². The first kappa shape index (κ1) is 15.4. The molecule has 1 N–H and O–H groups in total. The third-order valence-electron chi connectivity index (χ3n) is 3.78. The van der Waals surface area contributed by atoms with Crippen LogP contribution in [0.4, 0.5) is 0 Å². The van der Waals surface area contributed by atoms with Gasteiger partial charge in [-0.3, -0.25) is 5.32 Å². The van der Waals surface area contributed by atoms with E-state index in [9.17, 15) is 0 Å². The summed E-state index contributed by atoms with van der Waals surface area (Å²) in [6.07, 6.45) is 4.78. The van der Waals surface area contributed by atoms with E-state index in [1.165, 1.54) is 6.42 Å². The van der Waals surface area contributed by atoms with Gasteiger partial charge in [0.1, 0.15) is 5.54 Å². The van der Waals surface area contributed by atoms with E-state index in [1.54, 1.807) is 7.11 Å². The Morgan fingerprint density at radius 3 is 2.83 bits per heavy atom. The SMILES string of the molecule is CCNC(C)(C#N)CCCCN1CCC(OC)C1. The zero-order valence-corrected chi connectivity index (χ0v) is 12.0. The molecule has 0 amide bonds. The molecule has 0 aromatic rings. The van der Waals surface area contributed by atoms with Gasteiger partial charge in [0.05, 0.1) is 12.2 Å². The molecular formula is C14H27N3O. The molecule has 4 nitrogen and oxygen atoms in total. The van der Waals surface area contributed by atoms with Crippen molar-refractivity contribution >= 4 is 0 Å². The van der Waals surface area contributed by atoms with Crippen molar-refractivity contribution in [3.05, 3.63) is 0 Å². The summed E-state index contributed by atoms with van der Waals surface area (Å²) in [6, 6.07) is 2.38. The Bertz CT molecular complexity index is 277. The number of hydrogen-bond acceptors (Lipinski definition) is 4. The van der Waals surface area contributed by atoms with Crippen molar-refractivity contribution in [1.82, 2.24) is 10.2 Å². The second-order valence-corrected chi connectivity index (χ2v) is 5.38. The van der Waals surface area contributed by atoms with E-state index >= 15 is 0 Å². The van der Waals surface area contributed by atoms with Gasteiger partial charge in [-0.2, -0.15) is 5.26 Å². The quantitative estimate of drug-likeness (QED) is 0.670. The van der Waals surface area contributed by atoms with Crippen LogP contribution >= 0.6 is 0 Å². The maximum absolute atomic E-state index is 9.15. The lowest BCUT2D eigenvalue weighted by Gasteiger charge is -2.23. The number of methoxy groups -OCH3 is 1. The highest BCUT2D eigenvalue weighted by atomic mass is 16.5. The molecule has 0 aliphatic carbocycles. The van der Waals surface area contributed by atoms with Crippen LogP contribution in [0.2, 0.25) is 0 Å². The average Bonchev–Trinajstić information content (AvgIpc) is 2.83. The second kappa shape index (κ2) is 7.73. The molecule has 1 fully saturated rings. The molecule has 2 unspecified atom stereocenters. The standard InChI is InChI=1S/C14H27N3O/c1-4-16-14(2,12-15)8-5-6-9-17-10-7-13(11-17)18-3/h13,16H,4-11H2,1-3H3. The van der Waals surface area contributed by atoms with E-state index in [0.29, 0.717) is 6.10 Å². The number of likely N-dealkylation sites (tertiary alicyclic amines) is 1. The number of hydrogen-bond donors (Lipinski definition) is 1. The molecule has 4 heteroatoms. The van der Waals surface area contributed by atoms with Crippen molar-refractivity contribution < 1.29 is 4.74 Å². The molecule has 0 bridgehead atoms. The fourth-order valence-corrected chi connectivity index (χ4v) is 2.58. The first-order chi connectivity index (χ1) is 8.63. The van der Waals surface area contributed by atoms with Gasteiger partial charge in [-0.05, 0) is 45.7 Å². The summed E-state index contributed by atoms with van der Waals surface area (Å²) in [5, 5.41) is 12.4. The monoisotopic (exact) mass is 253 g/mol. The van der Waals surface area contributed by atoms with Gasteiger partial charge in [-0.25, -0.2) is 0 Å². The summed E-state index contributed by atoms with van der Waals surface area (Å²) in [4.78, 5) is 2.46. The maximum Gasteiger partial charge on any atom is 0.103 e. The van der Waals surface area contributed by atoms with Crippen LogP contribution in [0.5, 0.6) is 0 Å². The Labute approximate surface area is 111 Å². The van der Waals surface area contributed by atoms with Crippen LogP contribution in [0.3, 0.4) is 0 Å². The number of unbranched alkanes of at least 4 members (excludes halogenated alkanes) is 1. The Balaban J connectivity index is 2.13. The lowest BCUT2D eigenvalue weighted by molar-refractivity contribution is 0.108. The summed E-state index contributed by atoms with van der Waals surface area (Å²) in [5.74, 6) is 0. The number of nitrogens with zero attached hydrogens (tertiary/aromatic N) is 2. The topological polar surface area (TPSA) is 48.3 Å². The molecule has 2 atom stereocenters. The minimum absolute atomic E-state index is 0.352. The average molecular weight is 253 g/mol. The second-order valence-electron chi connectivity index (χ2n) is 5.38. The number of nitriles is 1. The molecule has 0 aromatic carbocycles. The molecule has 1 heterocycles. The van der Waals surface area contributed by atoms with Crippen LogP contribution in [0.25, 0.3) is 0 Å². The van der Waals surface area contributed by atoms with Crippen molar-refractivity contribution in [2.75, 3.05) is 33.3 Å². The molecule has 104 valence electrons. The van der Waals surface area contributed by atoms with Gasteiger partial charge < -0.3 is 9.64 Å². The molecule has 1 saturated heterocycles. The van der Waals surface area contributed by atoms with Gasteiger partial charge in [-0.1, -0.05) is 6.92 Å². The van der Waals surface area contributed by atoms with E-state index in [1.807, 2.05) is 13.8 Å². The summed E-state index contributed by atoms with van der Waals surface area (Å²) in [5.41, 5.74) is -0.352. The number of ether oxygens (including phenoxy) is 1. The molecule has 0 saturated carbocycles. The molecule has 1 rings (SSSR count). The molecule has 18 heavy (non-hydrogen) atoms. The van der Waals surface area contributed by atoms with Crippen LogP contribution in [0, 0.1) is 11.3 Å². The Morgan fingerprint density at radius 1 is 1.50 bits per heavy atom. The first-order valence-electron chi connectivity index (χ1n) is 7.05. The van der Waals surface area contributed by atoms with Crippen molar-refractivity contribution in [3.63, 3.8) is 0 Å². The van der Waals surface area contributed by atoms with Crippen LogP contribution in [0.15, 0.2) is 0 Å². The van der Waals surface area contributed by atoms with Crippen LogP contribution in [0.1, 0.15) is 39.5 Å². The van der Waals surface area contributed by atoms with Crippen molar-refractivity contribution in [2.24, 2.45) is 0 Å². The van der Waals surface area contributed by atoms with Crippen molar-refractivity contribution in [3.8, 4) is 6.07 Å². The van der Waals surface area contributed by atoms with E-state index in [0.717, 1.165) is 45.4 Å². The summed E-state index contributed by atoms with van der Waals surface area (Å²) >= 11 is 0. The van der Waals surface area contributed by atoms with Crippen molar-refractivity contribution in [1.29, 1.82) is 5.26 Å². The van der Waals surface area contributed by atoms with Crippen LogP contribution in [-0.4, -0.2) is 49.8 Å². The third-order valence-corrected chi connectivity index (χ3v) is 3.78. The van der Waals surface area contributed by atoms with E-state index in [-0.39, 0.29) is 5.54 Å². The largest absolute Gasteiger partial charge is 0.380 e. The summed E-state index contributed by atoms with van der Waals surface area (Å²) < 4.78 is 5.36. The highest BCUT2D eigenvalue weighted by molar-refractivity contribution is 5.03. The van der Waals surface area contributed by atoms with Crippen LogP contribution in [-0.2, 0) is 4.74 Å². The van der Waals surface area contributed by atoms with E-state index < -0.39 is 0 Å². The zero-order valence-electron chi connectivity index (χ0n) is 12.0. The van der Waals surface area contributed by atoms with Gasteiger partial charge >= 0.3 is 0 Å². The van der Waals surface area contributed by atoms with Crippen molar-refractivity contribution in [2.45, 2.75) is 51.2 Å². The lowest BCUT2D eigenvalue weighted by Crippen LogP contribution is -2.40.